The molecule has 200 valence electrons. The van der Waals surface area contributed by atoms with E-state index < -0.39 is 30.5 Å². The number of halogens is 3. The molecule has 1 fully saturated rings. The monoisotopic (exact) mass is 531 g/mol. The minimum absolute atomic E-state index is 0.0423. The van der Waals surface area contributed by atoms with Gasteiger partial charge in [-0.2, -0.15) is 13.2 Å². The normalized spacial score (nSPS) is 17.3. The smallest absolute Gasteiger partial charge is 0.416 e. The lowest BCUT2D eigenvalue weighted by atomic mass is 10.1. The zero-order valence-electron chi connectivity index (χ0n) is 20.2. The van der Waals surface area contributed by atoms with Crippen LogP contribution in [-0.4, -0.2) is 74.6 Å². The van der Waals surface area contributed by atoms with Gasteiger partial charge < -0.3 is 25.2 Å². The number of rotatable bonds is 6. The van der Waals surface area contributed by atoms with E-state index in [4.69, 9.17) is 9.84 Å². The first-order chi connectivity index (χ1) is 18.1. The van der Waals surface area contributed by atoms with Crippen molar-refractivity contribution in [1.29, 1.82) is 0 Å². The van der Waals surface area contributed by atoms with Crippen molar-refractivity contribution < 1.29 is 32.9 Å². The molecular weight excluding hydrogens is 507 g/mol. The van der Waals surface area contributed by atoms with Gasteiger partial charge in [0.25, 0.3) is 0 Å². The third kappa shape index (κ3) is 5.04. The molecule has 2 amide bonds. The highest BCUT2D eigenvalue weighted by Gasteiger charge is 2.42. The van der Waals surface area contributed by atoms with E-state index in [0.29, 0.717) is 36.7 Å². The predicted octanol–water partition coefficient (Wildman–Crippen LogP) is 2.62. The number of nitrogens with one attached hydrogen (secondary N) is 1. The van der Waals surface area contributed by atoms with E-state index in [2.05, 4.69) is 30.2 Å². The summed E-state index contributed by atoms with van der Waals surface area (Å²) in [6.45, 7) is 2.33. The maximum Gasteiger partial charge on any atom is 0.416 e. The Morgan fingerprint density at radius 3 is 2.74 bits per heavy atom. The van der Waals surface area contributed by atoms with Crippen LogP contribution in [0.2, 0.25) is 0 Å². The van der Waals surface area contributed by atoms with Crippen molar-refractivity contribution >= 4 is 23.2 Å². The largest absolute Gasteiger partial charge is 0.461 e. The van der Waals surface area contributed by atoms with Gasteiger partial charge in [-0.3, -0.25) is 4.90 Å². The van der Waals surface area contributed by atoms with E-state index in [1.807, 2.05) is 0 Å². The minimum Gasteiger partial charge on any atom is -0.461 e. The van der Waals surface area contributed by atoms with Crippen LogP contribution >= 0.6 is 0 Å². The molecule has 0 aliphatic carbocycles. The van der Waals surface area contributed by atoms with Gasteiger partial charge in [0.15, 0.2) is 11.6 Å². The van der Waals surface area contributed by atoms with E-state index in [1.54, 1.807) is 6.92 Å². The number of aryl methyl sites for hydroxylation is 1. The van der Waals surface area contributed by atoms with Crippen molar-refractivity contribution in [3.05, 3.63) is 47.9 Å². The van der Waals surface area contributed by atoms with Crippen molar-refractivity contribution in [2.75, 3.05) is 41.4 Å². The average molecular weight is 531 g/mol. The molecule has 0 radical (unpaired) electrons. The molecule has 11 nitrogen and oxygen atoms in total. The van der Waals surface area contributed by atoms with Gasteiger partial charge in [-0.1, -0.05) is 12.1 Å². The van der Waals surface area contributed by atoms with Crippen LogP contribution < -0.4 is 19.9 Å². The first-order valence-electron chi connectivity index (χ1n) is 11.8. The highest BCUT2D eigenvalue weighted by atomic mass is 19.4. The predicted molar refractivity (Wildman–Crippen MR) is 130 cm³/mol. The molecule has 2 aliphatic heterocycles. The molecule has 4 heterocycles. The Balaban J connectivity index is 1.43. The summed E-state index contributed by atoms with van der Waals surface area (Å²) in [4.78, 5) is 34.0. The number of aliphatic hydroxyl groups is 2. The summed E-state index contributed by atoms with van der Waals surface area (Å²) in [6, 6.07) is 4.02. The number of hydrogen-bond acceptors (Lipinski definition) is 9. The molecule has 0 saturated carbocycles. The molecule has 5 rings (SSSR count). The summed E-state index contributed by atoms with van der Waals surface area (Å²) >= 11 is 0. The quantitative estimate of drug-likeness (QED) is 0.438. The molecule has 1 unspecified atom stereocenters. The Hall–Kier alpha value is -4.04. The third-order valence-electron chi connectivity index (χ3n) is 6.27. The van der Waals surface area contributed by atoms with Crippen molar-refractivity contribution in [2.45, 2.75) is 31.7 Å². The molecule has 3 aromatic rings. The summed E-state index contributed by atoms with van der Waals surface area (Å²) in [5, 5.41) is 21.0. The number of alkyl halides is 3. The van der Waals surface area contributed by atoms with Crippen LogP contribution in [0.15, 0.2) is 36.7 Å². The second-order valence-corrected chi connectivity index (χ2v) is 8.97. The van der Waals surface area contributed by atoms with E-state index in [1.165, 1.54) is 29.4 Å². The molecule has 2 atom stereocenters. The molecule has 1 saturated heterocycles. The average Bonchev–Trinajstić information content (AvgIpc) is 3.30. The fourth-order valence-corrected chi connectivity index (χ4v) is 4.51. The van der Waals surface area contributed by atoms with Gasteiger partial charge in [-0.05, 0) is 25.5 Å². The molecule has 14 heteroatoms. The highest BCUT2D eigenvalue weighted by Crippen LogP contribution is 2.42. The number of ether oxygens (including phenoxy) is 1. The number of aromatic nitrogens is 4. The van der Waals surface area contributed by atoms with Gasteiger partial charge in [-0.25, -0.2) is 24.7 Å². The number of urea groups is 1. The van der Waals surface area contributed by atoms with Crippen LogP contribution in [0.5, 0.6) is 6.01 Å². The summed E-state index contributed by atoms with van der Waals surface area (Å²) in [7, 11) is 0. The Kier molecular flexibility index (Phi) is 6.75. The third-order valence-corrected chi connectivity index (χ3v) is 6.27. The fourth-order valence-electron chi connectivity index (χ4n) is 4.51. The topological polar surface area (TPSA) is 137 Å². The van der Waals surface area contributed by atoms with E-state index in [0.717, 1.165) is 12.1 Å². The maximum atomic E-state index is 13.4. The SMILES string of the molecule is Cc1nc(-c2cccc(C(F)(F)F)c2)nc2c1N1CC[C@@H](C1)N2C(=O)Nc1cnc(OCC(O)CO)nc1. The Bertz CT molecular complexity index is 1340. The molecule has 3 N–H and O–H groups in total. The Morgan fingerprint density at radius 2 is 2.03 bits per heavy atom. The van der Waals surface area contributed by atoms with E-state index in [-0.39, 0.29) is 35.7 Å². The van der Waals surface area contributed by atoms with Gasteiger partial charge in [0.05, 0.1) is 42.0 Å². The van der Waals surface area contributed by atoms with Crippen LogP contribution in [0.3, 0.4) is 0 Å². The van der Waals surface area contributed by atoms with Crippen LogP contribution in [0.25, 0.3) is 11.4 Å². The van der Waals surface area contributed by atoms with Crippen LogP contribution in [-0.2, 0) is 6.18 Å². The van der Waals surface area contributed by atoms with Crippen molar-refractivity contribution in [1.82, 2.24) is 19.9 Å². The van der Waals surface area contributed by atoms with E-state index >= 15 is 0 Å². The van der Waals surface area contributed by atoms with Crippen LogP contribution in [0, 0.1) is 6.92 Å². The standard InChI is InChI=1S/C24H24F3N7O4/c1-13-19-21(32-20(30-13)14-3-2-4-15(7-14)24(25,26)27)34(17-5-6-33(19)10-17)23(37)31-16-8-28-22(29-9-16)38-12-18(36)11-35/h2-4,7-9,17-18,35-36H,5-6,10-12H2,1H3,(H,31,37)/t17-,18?/m0/s1. The minimum atomic E-state index is -4.52. The van der Waals surface area contributed by atoms with Crippen molar-refractivity contribution in [3.63, 3.8) is 0 Å². The summed E-state index contributed by atoms with van der Waals surface area (Å²) in [5.74, 6) is 0.401. The number of carbonyl (C=O) groups excluding carboxylic acids is 1. The lowest BCUT2D eigenvalue weighted by Gasteiger charge is -2.36. The number of benzene rings is 1. The number of fused-ring (bicyclic) bond motifs is 4. The van der Waals surface area contributed by atoms with Crippen molar-refractivity contribution in [2.24, 2.45) is 0 Å². The lowest BCUT2D eigenvalue weighted by molar-refractivity contribution is -0.137. The van der Waals surface area contributed by atoms with Gasteiger partial charge in [0, 0.05) is 18.7 Å². The summed E-state index contributed by atoms with van der Waals surface area (Å²) in [5.41, 5.74) is 0.860. The molecule has 2 aliphatic rings. The summed E-state index contributed by atoms with van der Waals surface area (Å²) < 4.78 is 45.1. The number of hydrogen-bond donors (Lipinski definition) is 3. The second kappa shape index (κ2) is 10.0. The number of amides is 2. The molecule has 1 aromatic carbocycles. The van der Waals surface area contributed by atoms with Gasteiger partial charge >= 0.3 is 18.2 Å². The molecule has 38 heavy (non-hydrogen) atoms. The van der Waals surface area contributed by atoms with Crippen LogP contribution in [0.1, 0.15) is 17.7 Å². The van der Waals surface area contributed by atoms with Gasteiger partial charge in [0.1, 0.15) is 18.4 Å². The molecule has 2 aromatic heterocycles. The summed E-state index contributed by atoms with van der Waals surface area (Å²) in [6.07, 6.45) is -2.25. The zero-order valence-corrected chi connectivity index (χ0v) is 20.2. The Labute approximate surface area is 214 Å². The number of anilines is 3. The van der Waals surface area contributed by atoms with Crippen LogP contribution in [0.4, 0.5) is 35.2 Å². The number of carbonyl (C=O) groups is 1. The first-order valence-corrected chi connectivity index (χ1v) is 11.8. The lowest BCUT2D eigenvalue weighted by Crippen LogP contribution is -2.48. The first kappa shape index (κ1) is 25.6. The van der Waals surface area contributed by atoms with Gasteiger partial charge in [0.2, 0.25) is 0 Å². The Morgan fingerprint density at radius 1 is 1.26 bits per heavy atom. The fraction of sp³-hybridized carbons (Fsp3) is 0.375. The molecule has 2 bridgehead atoms. The maximum absolute atomic E-state index is 13.4. The second-order valence-electron chi connectivity index (χ2n) is 8.97. The molecule has 0 spiro atoms. The number of aliphatic hydroxyl groups excluding tert-OH is 2. The molecular formula is C24H24F3N7O4. The number of nitrogens with zero attached hydrogens (tertiary/aromatic N) is 6. The zero-order chi connectivity index (χ0) is 27.0. The highest BCUT2D eigenvalue weighted by molar-refractivity contribution is 6.04. The van der Waals surface area contributed by atoms with E-state index in [9.17, 15) is 23.1 Å². The van der Waals surface area contributed by atoms with Crippen molar-refractivity contribution in [3.8, 4) is 17.4 Å². The van der Waals surface area contributed by atoms with Gasteiger partial charge in [-0.15, -0.1) is 0 Å².